The predicted molar refractivity (Wildman–Crippen MR) is 239 cm³/mol. The van der Waals surface area contributed by atoms with E-state index in [0.717, 1.165) is 6.92 Å². The van der Waals surface area contributed by atoms with E-state index in [1.54, 1.807) is 107 Å². The second-order valence-electron chi connectivity index (χ2n) is 18.7. The van der Waals surface area contributed by atoms with Crippen LogP contribution in [-0.2, 0) is 52.3 Å². The molecular formula is C51H59NO16. The highest BCUT2D eigenvalue weighted by molar-refractivity contribution is 5.95. The second kappa shape index (κ2) is 19.6. The lowest BCUT2D eigenvalue weighted by atomic mass is 9.44. The van der Waals surface area contributed by atoms with Gasteiger partial charge in [0, 0.05) is 50.0 Å². The van der Waals surface area contributed by atoms with Crippen LogP contribution in [0.4, 0.5) is 0 Å². The summed E-state index contributed by atoms with van der Waals surface area (Å²) in [6.07, 6.45) is -11.3. The number of hydrogen-bond acceptors (Lipinski definition) is 16. The lowest BCUT2D eigenvalue weighted by molar-refractivity contribution is -0.368. The van der Waals surface area contributed by atoms with E-state index in [0.29, 0.717) is 5.56 Å². The number of carbonyl (C=O) groups excluding carboxylic acids is 6. The molecule has 68 heavy (non-hydrogen) atoms. The Labute approximate surface area is 394 Å². The molecule has 0 unspecified atom stereocenters. The summed E-state index contributed by atoms with van der Waals surface area (Å²) >= 11 is 0. The summed E-state index contributed by atoms with van der Waals surface area (Å²) in [6.45, 7) is 9.31. The molecule has 3 aliphatic carbocycles. The number of carbonyl (C=O) groups is 6. The monoisotopic (exact) mass is 941 g/mol. The zero-order chi connectivity index (χ0) is 49.3. The average molecular weight is 942 g/mol. The van der Waals surface area contributed by atoms with Crippen molar-refractivity contribution in [2.45, 2.75) is 121 Å². The molecule has 1 aliphatic heterocycles. The number of hydrogen-bond donors (Lipinski definition) is 4. The van der Waals surface area contributed by atoms with Crippen molar-refractivity contribution in [3.8, 4) is 0 Å². The van der Waals surface area contributed by atoms with Gasteiger partial charge in [0.05, 0.1) is 36.8 Å². The number of nitrogens with one attached hydrogen (secondary N) is 1. The molecule has 12 atom stereocenters. The third kappa shape index (κ3) is 9.05. The molecule has 0 spiro atoms. The first-order chi connectivity index (χ1) is 32.2. The van der Waals surface area contributed by atoms with Gasteiger partial charge in [-0.3, -0.25) is 19.2 Å². The number of amides is 1. The van der Waals surface area contributed by atoms with Crippen molar-refractivity contribution in [3.05, 3.63) is 119 Å². The molecule has 3 fully saturated rings. The van der Waals surface area contributed by atoms with E-state index in [1.165, 1.54) is 26.0 Å². The largest absolute Gasteiger partial charge is 0.463 e. The normalized spacial score (nSPS) is 31.1. The summed E-state index contributed by atoms with van der Waals surface area (Å²) in [4.78, 5) is 80.9. The Morgan fingerprint density at radius 3 is 1.96 bits per heavy atom. The summed E-state index contributed by atoms with van der Waals surface area (Å²) in [7, 11) is 0. The van der Waals surface area contributed by atoms with E-state index in [2.05, 4.69) is 5.32 Å². The number of aliphatic hydroxyl groups is 3. The van der Waals surface area contributed by atoms with Gasteiger partial charge < -0.3 is 53.8 Å². The van der Waals surface area contributed by atoms with Crippen LogP contribution in [0.15, 0.2) is 102 Å². The highest BCUT2D eigenvalue weighted by Gasteiger charge is 2.78. The molecule has 3 aromatic carbocycles. The van der Waals surface area contributed by atoms with E-state index < -0.39 is 119 Å². The molecule has 2 bridgehead atoms. The van der Waals surface area contributed by atoms with Gasteiger partial charge in [0.2, 0.25) is 0 Å². The fourth-order valence-corrected chi connectivity index (χ4v) is 11.0. The van der Waals surface area contributed by atoms with E-state index in [9.17, 15) is 44.1 Å². The summed E-state index contributed by atoms with van der Waals surface area (Å²) in [5.74, 6) is -6.31. The van der Waals surface area contributed by atoms with Crippen LogP contribution >= 0.6 is 0 Å². The van der Waals surface area contributed by atoms with Crippen molar-refractivity contribution >= 4 is 35.8 Å². The molecule has 1 heterocycles. The maximum atomic E-state index is 14.5. The van der Waals surface area contributed by atoms with Crippen molar-refractivity contribution < 1.29 is 77.2 Å². The van der Waals surface area contributed by atoms with E-state index >= 15 is 0 Å². The van der Waals surface area contributed by atoms with Crippen LogP contribution in [0.5, 0.6) is 0 Å². The average Bonchev–Trinajstić information content (AvgIpc) is 3.30. The molecule has 2 saturated carbocycles. The Morgan fingerprint density at radius 1 is 0.794 bits per heavy atom. The Morgan fingerprint density at radius 2 is 1.40 bits per heavy atom. The highest BCUT2D eigenvalue weighted by Crippen LogP contribution is 2.66. The molecule has 4 aliphatic rings. The first-order valence-electron chi connectivity index (χ1n) is 22.6. The smallest absolute Gasteiger partial charge is 0.338 e. The molecular weight excluding hydrogens is 883 g/mol. The molecule has 7 rings (SSSR count). The zero-order valence-electron chi connectivity index (χ0n) is 39.0. The number of benzene rings is 3. The van der Waals surface area contributed by atoms with Gasteiger partial charge in [-0.25, -0.2) is 9.59 Å². The van der Waals surface area contributed by atoms with E-state index in [4.69, 9.17) is 33.2 Å². The number of esters is 5. The molecule has 0 radical (unpaired) electrons. The van der Waals surface area contributed by atoms with Crippen LogP contribution in [0.25, 0.3) is 0 Å². The minimum atomic E-state index is -2.38. The van der Waals surface area contributed by atoms with Crippen LogP contribution < -0.4 is 5.32 Å². The number of fused-ring (bicyclic) bond motifs is 5. The SMILES string of the molecule is CC(=O)OCCO[C@H]1C[C@H]2OC[C@@]2(OC(C)=O)[C@H]2[C@H](OC(=O)c3ccccc3)[C@]3(O)C[C@H](OC(=O)[C@H](O)[C@@H](NC(=O)c4ccccc4)c4ccccc4)C(C)=C([C@@H](OC(C)=O)[C@H](O)[C@]12C)C3(C)C. The molecule has 17 heteroatoms. The number of rotatable bonds is 14. The standard InChI is InChI=1S/C51H59NO16/c1-28-35(66-47(60)40(56)39(32-17-11-8-12-18-32)52-45(58)33-19-13-9-14-20-33)26-51(61)44(67-46(59)34-21-15-10-16-22-34)42-49(7,43(57)41(65-30(3)54)38(28)48(51,5)6)36(63-24-23-62-29(2)53)25-37-50(42,27-64-37)68-31(4)55/h8-22,35-37,39-44,56-57,61H,23-27H2,1-7H3,(H,52,58)/t35-,36-,37+,39-,40+,41+,42-,43-,44-,49+,50-,51+/m0/s1. The third-order valence-electron chi connectivity index (χ3n) is 14.4. The van der Waals surface area contributed by atoms with Crippen LogP contribution in [0.2, 0.25) is 0 Å². The Kier molecular flexibility index (Phi) is 14.4. The van der Waals surface area contributed by atoms with Crippen LogP contribution in [0, 0.1) is 16.7 Å². The predicted octanol–water partition coefficient (Wildman–Crippen LogP) is 4.11. The van der Waals surface area contributed by atoms with Gasteiger partial charge in [-0.2, -0.15) is 0 Å². The molecule has 3 aromatic rings. The van der Waals surface area contributed by atoms with Crippen molar-refractivity contribution in [1.29, 1.82) is 0 Å². The van der Waals surface area contributed by atoms with Gasteiger partial charge in [-0.05, 0) is 47.9 Å². The van der Waals surface area contributed by atoms with Crippen LogP contribution in [0.1, 0.15) is 93.6 Å². The van der Waals surface area contributed by atoms with Gasteiger partial charge in [-0.15, -0.1) is 0 Å². The quantitative estimate of drug-likeness (QED) is 0.0770. The minimum Gasteiger partial charge on any atom is -0.463 e. The Hall–Kier alpha value is -5.98. The van der Waals surface area contributed by atoms with E-state index in [1.807, 2.05) is 0 Å². The summed E-state index contributed by atoms with van der Waals surface area (Å²) in [5, 5.41) is 41.9. The Bertz CT molecular complexity index is 2410. The maximum absolute atomic E-state index is 14.5. The molecule has 17 nitrogen and oxygen atoms in total. The fourth-order valence-electron chi connectivity index (χ4n) is 11.0. The van der Waals surface area contributed by atoms with Crippen molar-refractivity contribution in [2.75, 3.05) is 19.8 Å². The fraction of sp³-hybridized carbons (Fsp3) is 0.490. The third-order valence-corrected chi connectivity index (χ3v) is 14.4. The summed E-state index contributed by atoms with van der Waals surface area (Å²) in [6, 6.07) is 23.1. The lowest BCUT2D eigenvalue weighted by Gasteiger charge is -2.69. The van der Waals surface area contributed by atoms with E-state index in [-0.39, 0.29) is 48.5 Å². The first kappa shape index (κ1) is 49.9. The van der Waals surface area contributed by atoms with Crippen LogP contribution in [0.3, 0.4) is 0 Å². The lowest BCUT2D eigenvalue weighted by Crippen LogP contribution is -2.82. The molecule has 0 aromatic heterocycles. The highest BCUT2D eigenvalue weighted by atomic mass is 16.6. The van der Waals surface area contributed by atoms with Gasteiger partial charge in [-0.1, -0.05) is 87.5 Å². The first-order valence-corrected chi connectivity index (χ1v) is 22.6. The van der Waals surface area contributed by atoms with Gasteiger partial charge >= 0.3 is 29.8 Å². The minimum absolute atomic E-state index is 0.0229. The van der Waals surface area contributed by atoms with Crippen LogP contribution in [-0.4, -0.2) is 125 Å². The topological polar surface area (TPSA) is 240 Å². The van der Waals surface area contributed by atoms with Gasteiger partial charge in [0.25, 0.3) is 5.91 Å². The summed E-state index contributed by atoms with van der Waals surface area (Å²) in [5.41, 5.74) is -6.47. The van der Waals surface area contributed by atoms with Crippen molar-refractivity contribution in [2.24, 2.45) is 16.7 Å². The van der Waals surface area contributed by atoms with Crippen molar-refractivity contribution in [3.63, 3.8) is 0 Å². The molecule has 1 saturated heterocycles. The molecule has 364 valence electrons. The van der Waals surface area contributed by atoms with Crippen molar-refractivity contribution in [1.82, 2.24) is 5.32 Å². The second-order valence-corrected chi connectivity index (χ2v) is 18.7. The maximum Gasteiger partial charge on any atom is 0.338 e. The summed E-state index contributed by atoms with van der Waals surface area (Å²) < 4.78 is 42.8. The molecule has 1 amide bonds. The van der Waals surface area contributed by atoms with Gasteiger partial charge in [0.1, 0.15) is 36.6 Å². The zero-order valence-corrected chi connectivity index (χ0v) is 39.0. The molecule has 4 N–H and O–H groups in total. The number of aliphatic hydroxyl groups excluding tert-OH is 2. The Balaban J connectivity index is 1.40. The number of ether oxygens (including phenoxy) is 7. The van der Waals surface area contributed by atoms with Gasteiger partial charge in [0.15, 0.2) is 17.8 Å².